The Balaban J connectivity index is 2.37. The average Bonchev–Trinajstić information content (AvgIpc) is 3.14. The summed E-state index contributed by atoms with van der Waals surface area (Å²) in [5, 5.41) is 20.6. The zero-order valence-corrected chi connectivity index (χ0v) is 25.6. The summed E-state index contributed by atoms with van der Waals surface area (Å²) in [6.45, 7) is 12.5. The van der Waals surface area contributed by atoms with Crippen molar-refractivity contribution in [2.24, 2.45) is 0 Å². The van der Waals surface area contributed by atoms with Crippen LogP contribution in [-0.4, -0.2) is 87.7 Å². The van der Waals surface area contributed by atoms with Gasteiger partial charge in [0.15, 0.2) is 18.2 Å². The van der Waals surface area contributed by atoms with Crippen molar-refractivity contribution in [3.05, 3.63) is 29.3 Å². The molecule has 39 heavy (non-hydrogen) atoms. The van der Waals surface area contributed by atoms with E-state index in [1.807, 2.05) is 0 Å². The van der Waals surface area contributed by atoms with Crippen molar-refractivity contribution in [2.45, 2.75) is 95.7 Å². The first-order valence-corrected chi connectivity index (χ1v) is 16.8. The third-order valence-electron chi connectivity index (χ3n) is 6.56. The Morgan fingerprint density at radius 3 is 2.46 bits per heavy atom. The zero-order valence-electron chi connectivity index (χ0n) is 24.6. The smallest absolute Gasteiger partial charge is 0.342 e. The fraction of sp³-hybridized carbons (Fsp3) is 0.679. The van der Waals surface area contributed by atoms with Crippen LogP contribution in [0.2, 0.25) is 25.7 Å². The lowest BCUT2D eigenvalue weighted by atomic mass is 9.88. The minimum Gasteiger partial charge on any atom is -0.497 e. The van der Waals surface area contributed by atoms with Gasteiger partial charge in [0.05, 0.1) is 25.9 Å². The molecule has 1 fully saturated rings. The topological polar surface area (TPSA) is 113 Å². The molecule has 5 atom stereocenters. The van der Waals surface area contributed by atoms with Crippen molar-refractivity contribution in [1.29, 1.82) is 0 Å². The number of hydrogen-bond acceptors (Lipinski definition) is 9. The second-order valence-electron chi connectivity index (χ2n) is 11.6. The van der Waals surface area contributed by atoms with Crippen LogP contribution in [0.4, 0.5) is 4.39 Å². The maximum atomic E-state index is 15.1. The number of hydrogen-bond donors (Lipinski definition) is 2. The standard InChI is InChI=1S/C28H45FO9Si/c1-18(30)28(4,29)25(31)24-21(37-27(2,3)38-24)12-10-11-19-15-20(34-6)16-22(36-17-33-5)23(19)26(32)35-13-14-39(7,8)9/h10-11,15-16,18,21,24-25,30-31H,12-14,17H2,1-9H3/b11-10+. The number of alkyl halides is 1. The molecule has 0 radical (unpaired) electrons. The molecule has 5 unspecified atom stereocenters. The number of rotatable bonds is 14. The first kappa shape index (κ1) is 33.2. The summed E-state index contributed by atoms with van der Waals surface area (Å²) in [6.07, 6.45) is -1.17. The second kappa shape index (κ2) is 13.6. The Morgan fingerprint density at radius 1 is 1.23 bits per heavy atom. The number of halogens is 1. The van der Waals surface area contributed by atoms with E-state index in [-0.39, 0.29) is 24.5 Å². The van der Waals surface area contributed by atoms with Crippen LogP contribution in [0.5, 0.6) is 11.5 Å². The molecule has 9 nitrogen and oxygen atoms in total. The molecular weight excluding hydrogens is 527 g/mol. The number of aliphatic hydroxyl groups is 2. The van der Waals surface area contributed by atoms with E-state index < -0.39 is 49.9 Å². The van der Waals surface area contributed by atoms with Gasteiger partial charge in [-0.25, -0.2) is 9.18 Å². The molecule has 0 amide bonds. The first-order valence-electron chi connectivity index (χ1n) is 13.1. The number of esters is 1. The van der Waals surface area contributed by atoms with Gasteiger partial charge in [-0.2, -0.15) is 0 Å². The molecule has 1 heterocycles. The Kier molecular flexibility index (Phi) is 11.5. The van der Waals surface area contributed by atoms with Gasteiger partial charge in [0.2, 0.25) is 0 Å². The van der Waals surface area contributed by atoms with E-state index in [0.717, 1.165) is 13.0 Å². The van der Waals surface area contributed by atoms with Gasteiger partial charge in [0, 0.05) is 21.3 Å². The van der Waals surface area contributed by atoms with Crippen LogP contribution in [0, 0.1) is 0 Å². The summed E-state index contributed by atoms with van der Waals surface area (Å²) < 4.78 is 48.6. The quantitative estimate of drug-likeness (QED) is 0.188. The maximum Gasteiger partial charge on any atom is 0.342 e. The van der Waals surface area contributed by atoms with Gasteiger partial charge in [0.1, 0.15) is 29.3 Å². The molecule has 0 aromatic heterocycles. The molecule has 1 aromatic carbocycles. The molecule has 0 spiro atoms. The van der Waals surface area contributed by atoms with Crippen LogP contribution in [0.25, 0.3) is 6.08 Å². The molecule has 2 N–H and O–H groups in total. The second-order valence-corrected chi connectivity index (χ2v) is 17.3. The fourth-order valence-corrected chi connectivity index (χ4v) is 4.76. The summed E-state index contributed by atoms with van der Waals surface area (Å²) in [4.78, 5) is 13.2. The van der Waals surface area contributed by atoms with Gasteiger partial charge in [-0.1, -0.05) is 31.8 Å². The van der Waals surface area contributed by atoms with E-state index in [4.69, 9.17) is 28.4 Å². The summed E-state index contributed by atoms with van der Waals surface area (Å²) in [6, 6.07) is 4.08. The van der Waals surface area contributed by atoms with Crippen LogP contribution in [0.3, 0.4) is 0 Å². The molecule has 2 rings (SSSR count). The maximum absolute atomic E-state index is 15.1. The lowest BCUT2D eigenvalue weighted by Gasteiger charge is -2.34. The molecule has 0 bridgehead atoms. The van der Waals surface area contributed by atoms with Crippen molar-refractivity contribution in [2.75, 3.05) is 27.6 Å². The van der Waals surface area contributed by atoms with Crippen LogP contribution in [0.1, 0.15) is 50.0 Å². The Bertz CT molecular complexity index is 988. The summed E-state index contributed by atoms with van der Waals surface area (Å²) in [5.41, 5.74) is -1.62. The van der Waals surface area contributed by atoms with Crippen molar-refractivity contribution < 1.29 is 47.8 Å². The van der Waals surface area contributed by atoms with Gasteiger partial charge in [-0.05, 0) is 51.8 Å². The van der Waals surface area contributed by atoms with Crippen molar-refractivity contribution in [1.82, 2.24) is 0 Å². The number of benzene rings is 1. The van der Waals surface area contributed by atoms with Gasteiger partial charge in [0.25, 0.3) is 0 Å². The largest absolute Gasteiger partial charge is 0.497 e. The Morgan fingerprint density at radius 2 is 1.90 bits per heavy atom. The molecule has 0 aliphatic carbocycles. The van der Waals surface area contributed by atoms with Gasteiger partial charge in [-0.3, -0.25) is 0 Å². The highest BCUT2D eigenvalue weighted by Crippen LogP contribution is 2.37. The van der Waals surface area contributed by atoms with Crippen LogP contribution < -0.4 is 9.47 Å². The van der Waals surface area contributed by atoms with E-state index in [1.54, 1.807) is 38.1 Å². The van der Waals surface area contributed by atoms with Crippen molar-refractivity contribution >= 4 is 20.1 Å². The van der Waals surface area contributed by atoms with Crippen LogP contribution >= 0.6 is 0 Å². The number of methoxy groups -OCH3 is 2. The lowest BCUT2D eigenvalue weighted by Crippen LogP contribution is -2.53. The number of carbonyl (C=O) groups is 1. The minimum atomic E-state index is -2.32. The predicted octanol–water partition coefficient (Wildman–Crippen LogP) is 4.57. The number of aliphatic hydroxyl groups excluding tert-OH is 2. The average molecular weight is 573 g/mol. The molecule has 222 valence electrons. The van der Waals surface area contributed by atoms with E-state index in [2.05, 4.69) is 19.6 Å². The number of carbonyl (C=O) groups excluding carboxylic acids is 1. The van der Waals surface area contributed by atoms with E-state index in [9.17, 15) is 15.0 Å². The monoisotopic (exact) mass is 572 g/mol. The summed E-state index contributed by atoms with van der Waals surface area (Å²) in [5.74, 6) is -0.906. The Hall–Kier alpha value is -2.02. The molecular formula is C28H45FO9Si. The third kappa shape index (κ3) is 9.26. The summed E-state index contributed by atoms with van der Waals surface area (Å²) >= 11 is 0. The minimum absolute atomic E-state index is 0.0846. The SMILES string of the molecule is COCOc1cc(OC)cc(/C=C/CC2OC(C)(C)OC2C(O)C(C)(F)C(C)O)c1C(=O)OCC[Si](C)(C)C. The van der Waals surface area contributed by atoms with E-state index in [1.165, 1.54) is 21.1 Å². The highest BCUT2D eigenvalue weighted by molar-refractivity contribution is 6.76. The van der Waals surface area contributed by atoms with Crippen molar-refractivity contribution in [3.63, 3.8) is 0 Å². The van der Waals surface area contributed by atoms with E-state index in [0.29, 0.717) is 17.9 Å². The molecule has 1 saturated heterocycles. The highest BCUT2D eigenvalue weighted by atomic mass is 28.3. The molecule has 1 aromatic rings. The number of ether oxygens (including phenoxy) is 6. The lowest BCUT2D eigenvalue weighted by molar-refractivity contribution is -0.175. The third-order valence-corrected chi connectivity index (χ3v) is 8.26. The summed E-state index contributed by atoms with van der Waals surface area (Å²) in [7, 11) is 1.55. The molecule has 1 aliphatic rings. The van der Waals surface area contributed by atoms with E-state index >= 15 is 4.39 Å². The molecule has 0 saturated carbocycles. The van der Waals surface area contributed by atoms with Gasteiger partial charge < -0.3 is 38.6 Å². The van der Waals surface area contributed by atoms with Crippen molar-refractivity contribution in [3.8, 4) is 11.5 Å². The predicted molar refractivity (Wildman–Crippen MR) is 149 cm³/mol. The van der Waals surface area contributed by atoms with Gasteiger partial charge in [-0.15, -0.1) is 0 Å². The fourth-order valence-electron chi connectivity index (χ4n) is 4.05. The Labute approximate surface area is 232 Å². The van der Waals surface area contributed by atoms with Gasteiger partial charge >= 0.3 is 5.97 Å². The van der Waals surface area contributed by atoms with Crippen LogP contribution in [-0.2, 0) is 18.9 Å². The highest BCUT2D eigenvalue weighted by Gasteiger charge is 2.52. The first-order chi connectivity index (χ1) is 18.0. The zero-order chi connectivity index (χ0) is 29.6. The molecule has 11 heteroatoms. The normalized spacial score (nSPS) is 22.4. The van der Waals surface area contributed by atoms with Crippen LogP contribution in [0.15, 0.2) is 18.2 Å². The molecule has 1 aliphatic heterocycles.